The number of carbonyl (C=O) groups excluding carboxylic acids is 2. The maximum Gasteiger partial charge on any atom is 0.319 e. The van der Waals surface area contributed by atoms with E-state index in [1.54, 1.807) is 24.3 Å². The van der Waals surface area contributed by atoms with Crippen molar-refractivity contribution >= 4 is 23.3 Å². The van der Waals surface area contributed by atoms with E-state index < -0.39 is 0 Å². The molecule has 0 saturated heterocycles. The zero-order chi connectivity index (χ0) is 13.0. The van der Waals surface area contributed by atoms with Gasteiger partial charge in [0.1, 0.15) is 0 Å². The average Bonchev–Trinajstić information content (AvgIpc) is 2.23. The van der Waals surface area contributed by atoms with E-state index in [2.05, 4.69) is 16.0 Å². The first-order valence-electron chi connectivity index (χ1n) is 6.08. The fraction of sp³-hybridized carbons (Fsp3) is 0.385. The van der Waals surface area contributed by atoms with Crippen molar-refractivity contribution < 1.29 is 9.59 Å². The smallest absolute Gasteiger partial charge is 0.319 e. The number of hydrogen-bond donors (Lipinski definition) is 3. The first kappa shape index (κ1) is 12.4. The van der Waals surface area contributed by atoms with Crippen LogP contribution in [-0.4, -0.2) is 18.0 Å². The molecule has 5 nitrogen and oxygen atoms in total. The number of hydrogen-bond acceptors (Lipinski definition) is 2. The van der Waals surface area contributed by atoms with E-state index in [1.807, 2.05) is 0 Å². The third-order valence-corrected chi connectivity index (χ3v) is 2.88. The van der Waals surface area contributed by atoms with Crippen LogP contribution in [0.4, 0.5) is 16.2 Å². The third kappa shape index (κ3) is 3.48. The van der Waals surface area contributed by atoms with E-state index in [0.29, 0.717) is 17.4 Å². The maximum absolute atomic E-state index is 11.6. The first-order chi connectivity index (χ1) is 8.63. The molecule has 1 aliphatic rings. The molecule has 0 spiro atoms. The minimum absolute atomic E-state index is 0.133. The van der Waals surface area contributed by atoms with Gasteiger partial charge in [-0.05, 0) is 37.5 Å². The van der Waals surface area contributed by atoms with Crippen molar-refractivity contribution in [2.45, 2.75) is 32.2 Å². The molecule has 1 aromatic rings. The molecule has 0 atom stereocenters. The Bertz CT molecular complexity index is 455. The van der Waals surface area contributed by atoms with Crippen molar-refractivity contribution in [3.8, 4) is 0 Å². The zero-order valence-corrected chi connectivity index (χ0v) is 10.3. The van der Waals surface area contributed by atoms with E-state index >= 15 is 0 Å². The van der Waals surface area contributed by atoms with Crippen LogP contribution in [0.1, 0.15) is 26.2 Å². The van der Waals surface area contributed by atoms with Gasteiger partial charge < -0.3 is 16.0 Å². The van der Waals surface area contributed by atoms with Crippen LogP contribution < -0.4 is 16.0 Å². The van der Waals surface area contributed by atoms with E-state index in [9.17, 15) is 9.59 Å². The summed E-state index contributed by atoms with van der Waals surface area (Å²) in [6.45, 7) is 1.45. The lowest BCUT2D eigenvalue weighted by molar-refractivity contribution is -0.114. The van der Waals surface area contributed by atoms with Gasteiger partial charge >= 0.3 is 6.03 Å². The van der Waals surface area contributed by atoms with E-state index in [1.165, 1.54) is 13.3 Å². The van der Waals surface area contributed by atoms with Crippen LogP contribution in [0.25, 0.3) is 0 Å². The Morgan fingerprint density at radius 2 is 1.83 bits per heavy atom. The van der Waals surface area contributed by atoms with Crippen LogP contribution in [0.2, 0.25) is 0 Å². The van der Waals surface area contributed by atoms with Crippen molar-refractivity contribution in [2.75, 3.05) is 10.6 Å². The summed E-state index contributed by atoms with van der Waals surface area (Å²) in [4.78, 5) is 22.6. The Hall–Kier alpha value is -2.04. The predicted octanol–water partition coefficient (Wildman–Crippen LogP) is 2.32. The molecule has 0 unspecified atom stereocenters. The molecule has 1 aliphatic carbocycles. The number of amides is 3. The van der Waals surface area contributed by atoms with E-state index in [-0.39, 0.29) is 11.9 Å². The maximum atomic E-state index is 11.6. The standard InChI is InChI=1S/C13H17N3O2/c1-9(17)14-11-6-3-7-12(8-11)16-13(18)15-10-4-2-5-10/h3,6-8,10H,2,4-5H2,1H3,(H,14,17)(H2,15,16,18). The molecule has 1 fully saturated rings. The quantitative estimate of drug-likeness (QED) is 0.767. The number of carbonyl (C=O) groups is 2. The predicted molar refractivity (Wildman–Crippen MR) is 70.5 cm³/mol. The Morgan fingerprint density at radius 3 is 2.39 bits per heavy atom. The summed E-state index contributed by atoms with van der Waals surface area (Å²) < 4.78 is 0. The molecule has 0 heterocycles. The molecule has 0 aliphatic heterocycles. The van der Waals surface area contributed by atoms with Gasteiger partial charge in [0.15, 0.2) is 0 Å². The summed E-state index contributed by atoms with van der Waals surface area (Å²) in [5.41, 5.74) is 1.34. The van der Waals surface area contributed by atoms with Crippen LogP contribution >= 0.6 is 0 Å². The highest BCUT2D eigenvalue weighted by atomic mass is 16.2. The number of anilines is 2. The normalized spacial score (nSPS) is 14.5. The molecule has 0 aromatic heterocycles. The van der Waals surface area contributed by atoms with Gasteiger partial charge in [0.05, 0.1) is 0 Å². The van der Waals surface area contributed by atoms with Gasteiger partial charge in [0.25, 0.3) is 0 Å². The zero-order valence-electron chi connectivity index (χ0n) is 10.3. The van der Waals surface area contributed by atoms with Gasteiger partial charge in [-0.15, -0.1) is 0 Å². The summed E-state index contributed by atoms with van der Waals surface area (Å²) >= 11 is 0. The topological polar surface area (TPSA) is 70.2 Å². The molecule has 1 saturated carbocycles. The molecule has 5 heteroatoms. The van der Waals surface area contributed by atoms with Crippen molar-refractivity contribution in [1.82, 2.24) is 5.32 Å². The van der Waals surface area contributed by atoms with Crippen LogP contribution in [0.3, 0.4) is 0 Å². The average molecular weight is 247 g/mol. The third-order valence-electron chi connectivity index (χ3n) is 2.88. The molecule has 1 aromatic carbocycles. The molecule has 96 valence electrons. The number of benzene rings is 1. The van der Waals surface area contributed by atoms with Gasteiger partial charge in [0.2, 0.25) is 5.91 Å². The second kappa shape index (κ2) is 5.53. The van der Waals surface area contributed by atoms with Crippen LogP contribution in [-0.2, 0) is 4.79 Å². The molecule has 18 heavy (non-hydrogen) atoms. The van der Waals surface area contributed by atoms with Gasteiger partial charge in [-0.2, -0.15) is 0 Å². The van der Waals surface area contributed by atoms with Gasteiger partial charge in [-0.1, -0.05) is 6.07 Å². The van der Waals surface area contributed by atoms with Crippen LogP contribution in [0.5, 0.6) is 0 Å². The second-order valence-electron chi connectivity index (χ2n) is 4.49. The van der Waals surface area contributed by atoms with E-state index in [0.717, 1.165) is 12.8 Å². The molecule has 3 amide bonds. The largest absolute Gasteiger partial charge is 0.335 e. The van der Waals surface area contributed by atoms with Crippen molar-refractivity contribution in [3.05, 3.63) is 24.3 Å². The molecular formula is C13H17N3O2. The molecular weight excluding hydrogens is 230 g/mol. The lowest BCUT2D eigenvalue weighted by Gasteiger charge is -2.26. The first-order valence-corrected chi connectivity index (χ1v) is 6.08. The summed E-state index contributed by atoms with van der Waals surface area (Å²) in [5.74, 6) is -0.133. The summed E-state index contributed by atoms with van der Waals surface area (Å²) in [6.07, 6.45) is 3.29. The monoisotopic (exact) mass is 247 g/mol. The molecule has 2 rings (SSSR count). The van der Waals surface area contributed by atoms with Crippen LogP contribution in [0, 0.1) is 0 Å². The lowest BCUT2D eigenvalue weighted by Crippen LogP contribution is -2.41. The number of rotatable bonds is 3. The molecule has 0 radical (unpaired) electrons. The summed E-state index contributed by atoms with van der Waals surface area (Å²) in [6, 6.07) is 7.18. The number of nitrogens with one attached hydrogen (secondary N) is 3. The summed E-state index contributed by atoms with van der Waals surface area (Å²) in [7, 11) is 0. The Kier molecular flexibility index (Phi) is 3.82. The molecule has 3 N–H and O–H groups in total. The Labute approximate surface area is 106 Å². The Balaban J connectivity index is 1.91. The highest BCUT2D eigenvalue weighted by Gasteiger charge is 2.19. The Morgan fingerprint density at radius 1 is 1.17 bits per heavy atom. The number of urea groups is 1. The highest BCUT2D eigenvalue weighted by molar-refractivity contribution is 5.92. The van der Waals surface area contributed by atoms with Gasteiger partial charge in [0, 0.05) is 24.3 Å². The van der Waals surface area contributed by atoms with Crippen molar-refractivity contribution in [2.24, 2.45) is 0 Å². The second-order valence-corrected chi connectivity index (χ2v) is 4.49. The van der Waals surface area contributed by atoms with Gasteiger partial charge in [-0.3, -0.25) is 4.79 Å². The molecule has 0 bridgehead atoms. The van der Waals surface area contributed by atoms with E-state index in [4.69, 9.17) is 0 Å². The minimum Gasteiger partial charge on any atom is -0.335 e. The highest BCUT2D eigenvalue weighted by Crippen LogP contribution is 2.19. The fourth-order valence-electron chi connectivity index (χ4n) is 1.78. The van der Waals surface area contributed by atoms with Crippen molar-refractivity contribution in [1.29, 1.82) is 0 Å². The lowest BCUT2D eigenvalue weighted by atomic mass is 9.93. The van der Waals surface area contributed by atoms with Crippen molar-refractivity contribution in [3.63, 3.8) is 0 Å². The fourth-order valence-corrected chi connectivity index (χ4v) is 1.78. The summed E-state index contributed by atoms with van der Waals surface area (Å²) in [5, 5.41) is 8.31. The van der Waals surface area contributed by atoms with Crippen LogP contribution in [0.15, 0.2) is 24.3 Å². The minimum atomic E-state index is -0.195. The SMILES string of the molecule is CC(=O)Nc1cccc(NC(=O)NC2CCC2)c1. The van der Waals surface area contributed by atoms with Gasteiger partial charge in [-0.25, -0.2) is 4.79 Å².